The van der Waals surface area contributed by atoms with E-state index in [4.69, 9.17) is 5.73 Å². The van der Waals surface area contributed by atoms with Crippen molar-refractivity contribution >= 4 is 0 Å². The van der Waals surface area contributed by atoms with Crippen molar-refractivity contribution in [3.8, 4) is 17.5 Å². The zero-order chi connectivity index (χ0) is 13.2. The number of hydrogen-bond acceptors (Lipinski definition) is 3. The molecule has 0 unspecified atom stereocenters. The van der Waals surface area contributed by atoms with Gasteiger partial charge in [0.1, 0.15) is 11.9 Å². The third-order valence-corrected chi connectivity index (χ3v) is 3.64. The SMILES string of the molecule is N#Cc1nc(-c2cccc(CN)c2)n2c1CCCC2. The fraction of sp³-hybridized carbons (Fsp3) is 0.333. The van der Waals surface area contributed by atoms with Crippen LogP contribution in [0.1, 0.15) is 29.8 Å². The third-order valence-electron chi connectivity index (χ3n) is 3.64. The van der Waals surface area contributed by atoms with E-state index in [0.717, 1.165) is 48.5 Å². The van der Waals surface area contributed by atoms with E-state index in [0.29, 0.717) is 12.2 Å². The topological polar surface area (TPSA) is 67.6 Å². The highest BCUT2D eigenvalue weighted by Gasteiger charge is 2.20. The van der Waals surface area contributed by atoms with Gasteiger partial charge in [0.15, 0.2) is 5.69 Å². The number of nitrogens with two attached hydrogens (primary N) is 1. The van der Waals surface area contributed by atoms with Crippen LogP contribution in [0, 0.1) is 11.3 Å². The number of imidazole rings is 1. The van der Waals surface area contributed by atoms with Crippen molar-refractivity contribution in [1.29, 1.82) is 5.26 Å². The number of nitriles is 1. The molecule has 0 saturated carbocycles. The molecule has 0 fully saturated rings. The van der Waals surface area contributed by atoms with E-state index in [2.05, 4.69) is 21.7 Å². The first-order valence-electron chi connectivity index (χ1n) is 6.62. The van der Waals surface area contributed by atoms with Crippen LogP contribution in [0.25, 0.3) is 11.4 Å². The van der Waals surface area contributed by atoms with Crippen LogP contribution < -0.4 is 5.73 Å². The van der Waals surface area contributed by atoms with Crippen molar-refractivity contribution in [3.63, 3.8) is 0 Å². The largest absolute Gasteiger partial charge is 0.327 e. The maximum absolute atomic E-state index is 9.21. The number of benzene rings is 1. The van der Waals surface area contributed by atoms with Gasteiger partial charge in [-0.15, -0.1) is 0 Å². The molecule has 4 nitrogen and oxygen atoms in total. The zero-order valence-electron chi connectivity index (χ0n) is 10.8. The van der Waals surface area contributed by atoms with Gasteiger partial charge in [-0.2, -0.15) is 5.26 Å². The zero-order valence-corrected chi connectivity index (χ0v) is 10.8. The first kappa shape index (κ1) is 11.9. The number of fused-ring (bicyclic) bond motifs is 1. The van der Waals surface area contributed by atoms with Gasteiger partial charge in [0, 0.05) is 18.7 Å². The van der Waals surface area contributed by atoms with Crippen molar-refractivity contribution in [1.82, 2.24) is 9.55 Å². The number of nitrogens with zero attached hydrogens (tertiary/aromatic N) is 3. The normalized spacial score (nSPS) is 13.9. The maximum Gasteiger partial charge on any atom is 0.162 e. The van der Waals surface area contributed by atoms with Gasteiger partial charge in [-0.3, -0.25) is 0 Å². The Bertz CT molecular complexity index is 649. The Morgan fingerprint density at radius 1 is 1.37 bits per heavy atom. The fourth-order valence-corrected chi connectivity index (χ4v) is 2.69. The quantitative estimate of drug-likeness (QED) is 0.891. The van der Waals surface area contributed by atoms with Gasteiger partial charge in [0.25, 0.3) is 0 Å². The van der Waals surface area contributed by atoms with Crippen LogP contribution in [0.2, 0.25) is 0 Å². The summed E-state index contributed by atoms with van der Waals surface area (Å²) in [6.07, 6.45) is 3.24. The van der Waals surface area contributed by atoms with Crippen LogP contribution in [0.3, 0.4) is 0 Å². The van der Waals surface area contributed by atoms with Gasteiger partial charge in [0.2, 0.25) is 0 Å². The monoisotopic (exact) mass is 252 g/mol. The van der Waals surface area contributed by atoms with Crippen LogP contribution in [0.5, 0.6) is 0 Å². The Kier molecular flexibility index (Phi) is 3.06. The Balaban J connectivity index is 2.14. The predicted octanol–water partition coefficient (Wildman–Crippen LogP) is 2.22. The minimum atomic E-state index is 0.520. The molecule has 0 spiro atoms. The molecule has 1 aromatic heterocycles. The molecular weight excluding hydrogens is 236 g/mol. The van der Waals surface area contributed by atoms with E-state index in [1.807, 2.05) is 18.2 Å². The lowest BCUT2D eigenvalue weighted by Gasteiger charge is -2.16. The Morgan fingerprint density at radius 2 is 2.26 bits per heavy atom. The molecule has 2 N–H and O–H groups in total. The summed E-state index contributed by atoms with van der Waals surface area (Å²) in [5.41, 5.74) is 9.48. The molecule has 19 heavy (non-hydrogen) atoms. The van der Waals surface area contributed by atoms with Crippen molar-refractivity contribution in [2.45, 2.75) is 32.4 Å². The summed E-state index contributed by atoms with van der Waals surface area (Å²) in [5.74, 6) is 0.904. The highest BCUT2D eigenvalue weighted by atomic mass is 15.1. The third kappa shape index (κ3) is 2.02. The van der Waals surface area contributed by atoms with E-state index in [9.17, 15) is 5.26 Å². The van der Waals surface area contributed by atoms with Crippen LogP contribution in [0.4, 0.5) is 0 Å². The summed E-state index contributed by atoms with van der Waals surface area (Å²) in [6.45, 7) is 1.47. The summed E-state index contributed by atoms with van der Waals surface area (Å²) in [4.78, 5) is 4.52. The lowest BCUT2D eigenvalue weighted by atomic mass is 10.1. The van der Waals surface area contributed by atoms with E-state index in [-0.39, 0.29) is 0 Å². The lowest BCUT2D eigenvalue weighted by Crippen LogP contribution is -2.11. The van der Waals surface area contributed by atoms with Crippen molar-refractivity contribution in [2.75, 3.05) is 0 Å². The van der Waals surface area contributed by atoms with E-state index in [1.54, 1.807) is 0 Å². The molecule has 0 atom stereocenters. The Labute approximate surface area is 112 Å². The molecule has 1 aromatic carbocycles. The maximum atomic E-state index is 9.21. The second kappa shape index (κ2) is 4.87. The van der Waals surface area contributed by atoms with Gasteiger partial charge in [-0.25, -0.2) is 4.98 Å². The van der Waals surface area contributed by atoms with Crippen LogP contribution in [0.15, 0.2) is 24.3 Å². The van der Waals surface area contributed by atoms with E-state index >= 15 is 0 Å². The smallest absolute Gasteiger partial charge is 0.162 e. The van der Waals surface area contributed by atoms with Gasteiger partial charge in [-0.1, -0.05) is 18.2 Å². The number of hydrogen-bond donors (Lipinski definition) is 1. The van der Waals surface area contributed by atoms with E-state index < -0.39 is 0 Å². The Morgan fingerprint density at radius 3 is 3.05 bits per heavy atom. The molecule has 0 radical (unpaired) electrons. The van der Waals surface area contributed by atoms with Crippen LogP contribution >= 0.6 is 0 Å². The first-order valence-corrected chi connectivity index (χ1v) is 6.62. The first-order chi connectivity index (χ1) is 9.33. The predicted molar refractivity (Wildman–Crippen MR) is 73.2 cm³/mol. The second-order valence-corrected chi connectivity index (χ2v) is 4.86. The number of rotatable bonds is 2. The standard InChI is InChI=1S/C15H16N4/c16-9-11-4-3-5-12(8-11)15-18-13(10-17)14-6-1-2-7-19(14)15/h3-5,8H,1-2,6-7,9,16H2. The summed E-state index contributed by atoms with van der Waals surface area (Å²) < 4.78 is 2.19. The molecule has 1 aliphatic rings. The van der Waals surface area contributed by atoms with Crippen LogP contribution in [-0.4, -0.2) is 9.55 Å². The average Bonchev–Trinajstić information content (AvgIpc) is 2.86. The average molecular weight is 252 g/mol. The molecule has 4 heteroatoms. The van der Waals surface area contributed by atoms with E-state index in [1.165, 1.54) is 0 Å². The summed E-state index contributed by atoms with van der Waals surface area (Å²) >= 11 is 0. The summed E-state index contributed by atoms with van der Waals surface area (Å²) in [7, 11) is 0. The lowest BCUT2D eigenvalue weighted by molar-refractivity contribution is 0.535. The minimum Gasteiger partial charge on any atom is -0.327 e. The highest BCUT2D eigenvalue weighted by Crippen LogP contribution is 2.27. The molecule has 0 amide bonds. The molecule has 2 aromatic rings. The molecule has 0 bridgehead atoms. The summed E-state index contributed by atoms with van der Waals surface area (Å²) in [6, 6.07) is 10.3. The second-order valence-electron chi connectivity index (χ2n) is 4.86. The van der Waals surface area contributed by atoms with Gasteiger partial charge >= 0.3 is 0 Å². The molecule has 3 rings (SSSR count). The Hall–Kier alpha value is -2.12. The highest BCUT2D eigenvalue weighted by molar-refractivity contribution is 5.59. The summed E-state index contributed by atoms with van der Waals surface area (Å²) in [5, 5.41) is 9.21. The van der Waals surface area contributed by atoms with Crippen molar-refractivity contribution in [3.05, 3.63) is 41.2 Å². The molecule has 96 valence electrons. The van der Waals surface area contributed by atoms with Gasteiger partial charge in [0.05, 0.1) is 5.69 Å². The van der Waals surface area contributed by atoms with Crippen molar-refractivity contribution < 1.29 is 0 Å². The van der Waals surface area contributed by atoms with Crippen LogP contribution in [-0.2, 0) is 19.5 Å². The molecule has 1 aliphatic heterocycles. The van der Waals surface area contributed by atoms with Gasteiger partial charge in [-0.05, 0) is 30.9 Å². The van der Waals surface area contributed by atoms with Gasteiger partial charge < -0.3 is 10.3 Å². The minimum absolute atomic E-state index is 0.520. The van der Waals surface area contributed by atoms with Crippen molar-refractivity contribution in [2.24, 2.45) is 5.73 Å². The molecule has 2 heterocycles. The molecule has 0 saturated heterocycles. The fourth-order valence-electron chi connectivity index (χ4n) is 2.69. The molecule has 0 aliphatic carbocycles. The molecular formula is C15H16N4. The number of aromatic nitrogens is 2.